The van der Waals surface area contributed by atoms with E-state index in [1.807, 2.05) is 0 Å². The van der Waals surface area contributed by atoms with Gasteiger partial charge in [-0.05, 0) is 79.9 Å². The molecule has 10 aromatic rings. The summed E-state index contributed by atoms with van der Waals surface area (Å²) in [5.41, 5.74) is 16.7. The number of anilines is 3. The predicted molar refractivity (Wildman–Crippen MR) is 287 cm³/mol. The maximum absolute atomic E-state index is 2.64. The van der Waals surface area contributed by atoms with Crippen molar-refractivity contribution in [2.24, 2.45) is 0 Å². The molecule has 0 aliphatic heterocycles. The van der Waals surface area contributed by atoms with Crippen LogP contribution in [0.3, 0.4) is 0 Å². The molecule has 10 aromatic carbocycles. The highest BCUT2D eigenvalue weighted by molar-refractivity contribution is 6.21. The zero-order valence-electron chi connectivity index (χ0n) is 39.1. The predicted octanol–water partition coefficient (Wildman–Crippen LogP) is 15.9. The molecule has 11 rings (SSSR count). The van der Waals surface area contributed by atoms with Gasteiger partial charge in [0.25, 0.3) is 0 Å². The van der Waals surface area contributed by atoms with Gasteiger partial charge >= 0.3 is 0 Å². The summed E-state index contributed by atoms with van der Waals surface area (Å²) < 4.78 is 0. The molecule has 0 fully saturated rings. The molecule has 0 N–H and O–H groups in total. The van der Waals surface area contributed by atoms with Crippen molar-refractivity contribution in [2.45, 2.75) is 58.5 Å². The highest BCUT2D eigenvalue weighted by Gasteiger charge is 2.38. The molecular formula is C65H57N3. The summed E-state index contributed by atoms with van der Waals surface area (Å²) in [5.74, 6) is 0. The molecule has 1 aliphatic rings. The molecule has 68 heavy (non-hydrogen) atoms. The fraction of sp³-hybridized carbons (Fsp3) is 0.138. The van der Waals surface area contributed by atoms with Gasteiger partial charge in [0.15, 0.2) is 0 Å². The van der Waals surface area contributed by atoms with Crippen molar-refractivity contribution >= 4 is 38.6 Å². The summed E-state index contributed by atoms with van der Waals surface area (Å²) in [6.07, 6.45) is 0. The Balaban J connectivity index is 1.15. The zero-order chi connectivity index (χ0) is 45.9. The van der Waals surface area contributed by atoms with Crippen LogP contribution in [0.15, 0.2) is 237 Å². The Morgan fingerprint density at radius 1 is 0.279 bits per heavy atom. The first-order chi connectivity index (χ1) is 33.5. The number of nitrogens with zero attached hydrogens (tertiary/aromatic N) is 3. The second-order valence-electron chi connectivity index (χ2n) is 19.0. The minimum absolute atomic E-state index is 0.263. The molecule has 0 unspecified atom stereocenters. The smallest absolute Gasteiger partial charge is 0.0533 e. The first-order valence-corrected chi connectivity index (χ1v) is 24.1. The summed E-state index contributed by atoms with van der Waals surface area (Å²) in [5, 5.41) is 5.09. The monoisotopic (exact) mass is 879 g/mol. The van der Waals surface area contributed by atoms with Crippen molar-refractivity contribution in [3.8, 4) is 11.1 Å². The Kier molecular flexibility index (Phi) is 11.8. The Hall–Kier alpha value is -7.88. The van der Waals surface area contributed by atoms with E-state index in [9.17, 15) is 0 Å². The lowest BCUT2D eigenvalue weighted by Crippen LogP contribution is -2.25. The van der Waals surface area contributed by atoms with Crippen LogP contribution in [0.25, 0.3) is 32.7 Å². The number of hydrogen-bond acceptors (Lipinski definition) is 3. The van der Waals surface area contributed by atoms with Gasteiger partial charge in [0.2, 0.25) is 0 Å². The van der Waals surface area contributed by atoms with E-state index in [2.05, 4.69) is 265 Å². The summed E-state index contributed by atoms with van der Waals surface area (Å²) in [7, 11) is 0. The van der Waals surface area contributed by atoms with E-state index in [1.165, 1.54) is 94.2 Å². The van der Waals surface area contributed by atoms with Crippen LogP contribution in [0.4, 0.5) is 17.1 Å². The van der Waals surface area contributed by atoms with Gasteiger partial charge in [0, 0.05) is 71.9 Å². The summed E-state index contributed by atoms with van der Waals surface area (Å²) >= 11 is 0. The molecule has 0 aromatic heterocycles. The molecule has 0 saturated heterocycles. The third-order valence-electron chi connectivity index (χ3n) is 14.0. The summed E-state index contributed by atoms with van der Waals surface area (Å²) in [4.78, 5) is 7.82. The molecule has 0 radical (unpaired) electrons. The molecule has 0 amide bonds. The summed E-state index contributed by atoms with van der Waals surface area (Å²) in [6.45, 7) is 9.61. The maximum Gasteiger partial charge on any atom is 0.0533 e. The molecule has 3 heteroatoms. The van der Waals surface area contributed by atoms with Crippen LogP contribution >= 0.6 is 0 Å². The van der Waals surface area contributed by atoms with Crippen molar-refractivity contribution in [3.63, 3.8) is 0 Å². The standard InChI is InChI=1S/C65H57N3/c1-65(2)61-39-54(66(42-48-23-9-3-10-24-48)43-49-25-11-4-12-26-49)37-38-55(61)58-40-59-60(41-62(58)65)64(68(46-52-31-17-7-18-32-52)47-53-33-19-8-20-34-53)57-36-22-21-35-56(57)63(59)67(44-50-27-13-5-14-28-50)45-51-29-15-6-16-30-51/h3-41H,42-47H2,1-2H3. The number of benzene rings is 10. The van der Waals surface area contributed by atoms with Crippen molar-refractivity contribution in [3.05, 3.63) is 281 Å². The van der Waals surface area contributed by atoms with Crippen LogP contribution in [0.5, 0.6) is 0 Å². The SMILES string of the molecule is CC1(C)c2cc(N(Cc3ccccc3)Cc3ccccc3)ccc2-c2cc3c(N(Cc4ccccc4)Cc4ccccc4)c4ccccc4c(N(Cc4ccccc4)Cc4ccccc4)c3cc21. The van der Waals surface area contributed by atoms with E-state index >= 15 is 0 Å². The topological polar surface area (TPSA) is 9.72 Å². The largest absolute Gasteiger partial charge is 0.363 e. The average molecular weight is 880 g/mol. The molecule has 0 saturated carbocycles. The molecule has 0 bridgehead atoms. The molecule has 3 nitrogen and oxygen atoms in total. The van der Waals surface area contributed by atoms with E-state index in [4.69, 9.17) is 0 Å². The molecule has 0 heterocycles. The quantitative estimate of drug-likeness (QED) is 0.0750. The van der Waals surface area contributed by atoms with Crippen molar-refractivity contribution in [2.75, 3.05) is 14.7 Å². The van der Waals surface area contributed by atoms with Gasteiger partial charge in [0.1, 0.15) is 0 Å². The normalized spacial score (nSPS) is 12.4. The van der Waals surface area contributed by atoms with Gasteiger partial charge in [-0.2, -0.15) is 0 Å². The molecule has 1 aliphatic carbocycles. The van der Waals surface area contributed by atoms with E-state index in [-0.39, 0.29) is 5.41 Å². The number of rotatable bonds is 15. The zero-order valence-corrected chi connectivity index (χ0v) is 39.1. The first kappa shape index (κ1) is 42.7. The Labute approximate surface area is 402 Å². The van der Waals surface area contributed by atoms with E-state index in [0.29, 0.717) is 0 Å². The van der Waals surface area contributed by atoms with Gasteiger partial charge in [-0.25, -0.2) is 0 Å². The van der Waals surface area contributed by atoms with Gasteiger partial charge in [0.05, 0.1) is 11.4 Å². The van der Waals surface area contributed by atoms with Crippen LogP contribution < -0.4 is 14.7 Å². The van der Waals surface area contributed by atoms with Crippen LogP contribution in [-0.2, 0) is 44.7 Å². The van der Waals surface area contributed by atoms with Crippen molar-refractivity contribution < 1.29 is 0 Å². The van der Waals surface area contributed by atoms with Gasteiger partial charge in [-0.1, -0.05) is 226 Å². The van der Waals surface area contributed by atoms with Crippen LogP contribution in [0, 0.1) is 0 Å². The second-order valence-corrected chi connectivity index (χ2v) is 19.0. The van der Waals surface area contributed by atoms with E-state index in [1.54, 1.807) is 0 Å². The molecule has 332 valence electrons. The lowest BCUT2D eigenvalue weighted by molar-refractivity contribution is 0.660. The number of hydrogen-bond donors (Lipinski definition) is 0. The van der Waals surface area contributed by atoms with E-state index in [0.717, 1.165) is 39.3 Å². The van der Waals surface area contributed by atoms with E-state index < -0.39 is 0 Å². The van der Waals surface area contributed by atoms with Gasteiger partial charge in [-0.3, -0.25) is 0 Å². The summed E-state index contributed by atoms with van der Waals surface area (Å²) in [6, 6.07) is 87.4. The van der Waals surface area contributed by atoms with Crippen molar-refractivity contribution in [1.82, 2.24) is 0 Å². The van der Waals surface area contributed by atoms with Crippen molar-refractivity contribution in [1.29, 1.82) is 0 Å². The average Bonchev–Trinajstić information content (AvgIpc) is 3.60. The minimum Gasteiger partial charge on any atom is -0.363 e. The highest BCUT2D eigenvalue weighted by atomic mass is 15.2. The highest BCUT2D eigenvalue weighted by Crippen LogP contribution is 2.54. The second kappa shape index (κ2) is 18.8. The lowest BCUT2D eigenvalue weighted by atomic mass is 9.81. The number of fused-ring (bicyclic) bond motifs is 5. The Morgan fingerprint density at radius 2 is 0.588 bits per heavy atom. The van der Waals surface area contributed by atoms with Crippen LogP contribution in [0.1, 0.15) is 58.4 Å². The molecule has 0 atom stereocenters. The van der Waals surface area contributed by atoms with Crippen LogP contribution in [-0.4, -0.2) is 0 Å². The Bertz CT molecular complexity index is 3170. The molecular weight excluding hydrogens is 823 g/mol. The van der Waals surface area contributed by atoms with Crippen LogP contribution in [0.2, 0.25) is 0 Å². The lowest BCUT2D eigenvalue weighted by Gasteiger charge is -2.33. The fourth-order valence-corrected chi connectivity index (χ4v) is 10.7. The fourth-order valence-electron chi connectivity index (χ4n) is 10.7. The molecule has 0 spiro atoms. The Morgan fingerprint density at radius 3 is 0.956 bits per heavy atom. The minimum atomic E-state index is -0.263. The third kappa shape index (κ3) is 8.64. The first-order valence-electron chi connectivity index (χ1n) is 24.1. The van der Waals surface area contributed by atoms with Gasteiger partial charge < -0.3 is 14.7 Å². The third-order valence-corrected chi connectivity index (χ3v) is 14.0. The van der Waals surface area contributed by atoms with Gasteiger partial charge in [-0.15, -0.1) is 0 Å². The maximum atomic E-state index is 2.64.